The van der Waals surface area contributed by atoms with E-state index in [1.165, 1.54) is 5.56 Å². The molecule has 0 spiro atoms. The van der Waals surface area contributed by atoms with Crippen molar-refractivity contribution in [3.63, 3.8) is 0 Å². The highest BCUT2D eigenvalue weighted by molar-refractivity contribution is 5.78. The maximum absolute atomic E-state index is 12.8. The number of ether oxygens (including phenoxy) is 2. The average Bonchev–Trinajstić information content (AvgIpc) is 2.76. The summed E-state index contributed by atoms with van der Waals surface area (Å²) in [6, 6.07) is 10.1. The number of benzene rings is 1. The van der Waals surface area contributed by atoms with Crippen LogP contribution in [-0.2, 0) is 20.7 Å². The molecule has 1 unspecified atom stereocenters. The molecule has 0 bridgehead atoms. The summed E-state index contributed by atoms with van der Waals surface area (Å²) in [6.45, 7) is 4.76. The van der Waals surface area contributed by atoms with Crippen LogP contribution in [0.4, 0.5) is 4.79 Å². The zero-order chi connectivity index (χ0) is 20.5. The number of nitrogens with zero attached hydrogens (tertiary/aromatic N) is 1. The fourth-order valence-electron chi connectivity index (χ4n) is 4.39. The predicted molar refractivity (Wildman–Crippen MR) is 112 cm³/mol. The predicted octanol–water partition coefficient (Wildman–Crippen LogP) is 3.54. The van der Waals surface area contributed by atoms with Gasteiger partial charge in [0, 0.05) is 26.2 Å². The molecule has 160 valence electrons. The van der Waals surface area contributed by atoms with Crippen LogP contribution in [-0.4, -0.2) is 55.9 Å². The molecule has 0 saturated carbocycles. The Balaban J connectivity index is 1.51. The molecule has 2 fully saturated rings. The highest BCUT2D eigenvalue weighted by Crippen LogP contribution is 2.39. The molecule has 6 heteroatoms. The van der Waals surface area contributed by atoms with Crippen molar-refractivity contribution in [1.29, 1.82) is 0 Å². The molecule has 1 atom stereocenters. The van der Waals surface area contributed by atoms with Gasteiger partial charge in [-0.25, -0.2) is 4.79 Å². The summed E-state index contributed by atoms with van der Waals surface area (Å²) < 4.78 is 11.3. The summed E-state index contributed by atoms with van der Waals surface area (Å²) >= 11 is 0. The third kappa shape index (κ3) is 5.95. The van der Waals surface area contributed by atoms with Gasteiger partial charge in [0.25, 0.3) is 0 Å². The third-order valence-corrected chi connectivity index (χ3v) is 6.14. The molecule has 0 radical (unpaired) electrons. The zero-order valence-corrected chi connectivity index (χ0v) is 17.5. The monoisotopic (exact) mass is 402 g/mol. The van der Waals surface area contributed by atoms with Crippen molar-refractivity contribution in [1.82, 2.24) is 10.2 Å². The number of nitrogens with one attached hydrogen (secondary N) is 1. The van der Waals surface area contributed by atoms with E-state index in [1.54, 1.807) is 0 Å². The van der Waals surface area contributed by atoms with Gasteiger partial charge >= 0.3 is 12.0 Å². The number of hydrogen-bond donors (Lipinski definition) is 1. The Morgan fingerprint density at radius 2 is 1.97 bits per heavy atom. The topological polar surface area (TPSA) is 67.9 Å². The Labute approximate surface area is 173 Å². The second-order valence-electron chi connectivity index (χ2n) is 8.15. The second kappa shape index (κ2) is 10.6. The van der Waals surface area contributed by atoms with Crippen molar-refractivity contribution in [3.05, 3.63) is 35.9 Å². The molecule has 1 N–H and O–H groups in total. The van der Waals surface area contributed by atoms with Gasteiger partial charge in [0.15, 0.2) is 0 Å². The maximum Gasteiger partial charge on any atom is 0.317 e. The van der Waals surface area contributed by atoms with Gasteiger partial charge < -0.3 is 19.7 Å². The van der Waals surface area contributed by atoms with Gasteiger partial charge in [-0.3, -0.25) is 4.79 Å². The number of carbonyl (C=O) groups excluding carboxylic acids is 2. The van der Waals surface area contributed by atoms with Gasteiger partial charge in [-0.05, 0) is 57.4 Å². The van der Waals surface area contributed by atoms with Crippen LogP contribution in [0.25, 0.3) is 0 Å². The third-order valence-electron chi connectivity index (χ3n) is 6.14. The number of amides is 2. The van der Waals surface area contributed by atoms with Crippen LogP contribution in [0.15, 0.2) is 30.3 Å². The molecule has 2 aliphatic rings. The molecule has 0 aromatic heterocycles. The molecular formula is C23H34N2O4. The number of hydrogen-bond acceptors (Lipinski definition) is 4. The van der Waals surface area contributed by atoms with E-state index >= 15 is 0 Å². The normalized spacial score (nSPS) is 21.4. The smallest absolute Gasteiger partial charge is 0.317 e. The van der Waals surface area contributed by atoms with E-state index in [0.717, 1.165) is 32.3 Å². The number of urea groups is 1. The molecule has 3 rings (SSSR count). The van der Waals surface area contributed by atoms with E-state index in [1.807, 2.05) is 30.0 Å². The van der Waals surface area contributed by atoms with Crippen molar-refractivity contribution in [2.24, 2.45) is 5.41 Å². The van der Waals surface area contributed by atoms with E-state index < -0.39 is 5.41 Å². The van der Waals surface area contributed by atoms with Crippen molar-refractivity contribution in [3.8, 4) is 0 Å². The molecule has 2 amide bonds. The molecule has 6 nitrogen and oxygen atoms in total. The highest BCUT2D eigenvalue weighted by atomic mass is 16.5. The fourth-order valence-corrected chi connectivity index (χ4v) is 4.39. The summed E-state index contributed by atoms with van der Waals surface area (Å²) in [5.41, 5.74) is 0.680. The lowest BCUT2D eigenvalue weighted by Gasteiger charge is -2.42. The van der Waals surface area contributed by atoms with Crippen LogP contribution in [0.5, 0.6) is 0 Å². The first-order valence-corrected chi connectivity index (χ1v) is 11.0. The number of esters is 1. The van der Waals surface area contributed by atoms with Gasteiger partial charge in [0.05, 0.1) is 18.1 Å². The van der Waals surface area contributed by atoms with E-state index in [-0.39, 0.29) is 18.1 Å². The Morgan fingerprint density at radius 3 is 2.62 bits per heavy atom. The van der Waals surface area contributed by atoms with Crippen LogP contribution in [0.2, 0.25) is 0 Å². The fraction of sp³-hybridized carbons (Fsp3) is 0.652. The van der Waals surface area contributed by atoms with Gasteiger partial charge in [0.1, 0.15) is 0 Å². The molecule has 2 aliphatic heterocycles. The van der Waals surface area contributed by atoms with Gasteiger partial charge in [-0.1, -0.05) is 30.3 Å². The summed E-state index contributed by atoms with van der Waals surface area (Å²) in [4.78, 5) is 27.2. The van der Waals surface area contributed by atoms with Crippen LogP contribution < -0.4 is 5.32 Å². The van der Waals surface area contributed by atoms with Crippen LogP contribution >= 0.6 is 0 Å². The Hall–Kier alpha value is -2.08. The molecule has 2 heterocycles. The van der Waals surface area contributed by atoms with E-state index in [0.29, 0.717) is 45.5 Å². The first-order valence-electron chi connectivity index (χ1n) is 11.0. The van der Waals surface area contributed by atoms with Crippen molar-refractivity contribution >= 4 is 12.0 Å². The highest BCUT2D eigenvalue weighted by Gasteiger charge is 2.45. The lowest BCUT2D eigenvalue weighted by molar-refractivity contribution is -0.162. The zero-order valence-electron chi connectivity index (χ0n) is 17.5. The van der Waals surface area contributed by atoms with E-state index in [4.69, 9.17) is 9.47 Å². The minimum atomic E-state index is -0.529. The number of rotatable bonds is 7. The first-order chi connectivity index (χ1) is 14.1. The number of likely N-dealkylation sites (tertiary alicyclic amines) is 1. The average molecular weight is 403 g/mol. The van der Waals surface area contributed by atoms with E-state index in [9.17, 15) is 9.59 Å². The molecular weight excluding hydrogens is 368 g/mol. The number of carbonyl (C=O) groups is 2. The quantitative estimate of drug-likeness (QED) is 0.709. The van der Waals surface area contributed by atoms with Gasteiger partial charge in [0.2, 0.25) is 0 Å². The summed E-state index contributed by atoms with van der Waals surface area (Å²) in [5.74, 6) is -0.127. The van der Waals surface area contributed by atoms with Crippen molar-refractivity contribution in [2.75, 3.05) is 32.8 Å². The largest absolute Gasteiger partial charge is 0.466 e. The summed E-state index contributed by atoms with van der Waals surface area (Å²) in [7, 11) is 0. The lowest BCUT2D eigenvalue weighted by Crippen LogP contribution is -2.51. The standard InChI is InChI=1S/C23H34N2O4/c1-2-28-21(26)23(18-20-10-6-7-17-29-20)12-15-25(16-13-23)22(27)24-14-11-19-8-4-3-5-9-19/h3-5,8-9,20H,2,6-7,10-18H2,1H3,(H,24,27). The molecule has 2 saturated heterocycles. The SMILES string of the molecule is CCOC(=O)C1(CC2CCCCO2)CCN(C(=O)NCCc2ccccc2)CC1. The molecule has 1 aromatic rings. The summed E-state index contributed by atoms with van der Waals surface area (Å²) in [5, 5.41) is 3.01. The minimum Gasteiger partial charge on any atom is -0.466 e. The van der Waals surface area contributed by atoms with E-state index in [2.05, 4.69) is 17.4 Å². The van der Waals surface area contributed by atoms with Crippen LogP contribution in [0, 0.1) is 5.41 Å². The van der Waals surface area contributed by atoms with Crippen LogP contribution in [0.3, 0.4) is 0 Å². The first kappa shape index (κ1) is 21.6. The Morgan fingerprint density at radius 1 is 1.21 bits per heavy atom. The van der Waals surface area contributed by atoms with Crippen molar-refractivity contribution < 1.29 is 19.1 Å². The Bertz CT molecular complexity index is 650. The van der Waals surface area contributed by atoms with Crippen molar-refractivity contribution in [2.45, 2.75) is 58.0 Å². The lowest BCUT2D eigenvalue weighted by atomic mass is 9.73. The summed E-state index contributed by atoms with van der Waals surface area (Å²) in [6.07, 6.45) is 6.17. The molecule has 0 aliphatic carbocycles. The maximum atomic E-state index is 12.8. The minimum absolute atomic E-state index is 0.0488. The van der Waals surface area contributed by atoms with Crippen LogP contribution in [0.1, 0.15) is 51.0 Å². The molecule has 29 heavy (non-hydrogen) atoms. The Kier molecular flexibility index (Phi) is 7.92. The number of piperidine rings is 1. The van der Waals surface area contributed by atoms with Gasteiger partial charge in [-0.2, -0.15) is 0 Å². The second-order valence-corrected chi connectivity index (χ2v) is 8.15. The van der Waals surface area contributed by atoms with Gasteiger partial charge in [-0.15, -0.1) is 0 Å². The molecule has 1 aromatic carbocycles.